The lowest BCUT2D eigenvalue weighted by Crippen LogP contribution is -2.29. The molecule has 0 N–H and O–H groups in total. The Hall–Kier alpha value is -0.153. The molecule has 2 atom stereocenters. The van der Waals surface area contributed by atoms with Crippen LogP contribution in [0.4, 0.5) is 0 Å². The first-order valence-electron chi connectivity index (χ1n) is 9.55. The summed E-state index contributed by atoms with van der Waals surface area (Å²) in [6.07, 6.45) is 13.3. The van der Waals surface area contributed by atoms with Gasteiger partial charge in [-0.2, -0.15) is 0 Å². The number of hydrogen-bond acceptors (Lipinski definition) is 2. The van der Waals surface area contributed by atoms with Gasteiger partial charge in [0.25, 0.3) is 0 Å². The van der Waals surface area contributed by atoms with Gasteiger partial charge in [-0.15, -0.1) is 0 Å². The molecule has 0 heterocycles. The number of ketones is 1. The quantitative estimate of drug-likeness (QED) is 0.582. The average molecular weight is 327 g/mol. The van der Waals surface area contributed by atoms with E-state index in [-0.39, 0.29) is 0 Å². The summed E-state index contributed by atoms with van der Waals surface area (Å²) in [7, 11) is -1.43. The van der Waals surface area contributed by atoms with Gasteiger partial charge in [0.15, 0.2) is 8.32 Å². The molecule has 1 aliphatic carbocycles. The number of Topliss-reactive ketones (excluding diaryl/α,β-unsaturated/α-hetero) is 1. The molecule has 0 aromatic heterocycles. The van der Waals surface area contributed by atoms with E-state index in [1.54, 1.807) is 0 Å². The predicted molar refractivity (Wildman–Crippen MR) is 97.7 cm³/mol. The second kappa shape index (κ2) is 10.6. The lowest BCUT2D eigenvalue weighted by Gasteiger charge is -2.24. The van der Waals surface area contributed by atoms with Gasteiger partial charge >= 0.3 is 0 Å². The van der Waals surface area contributed by atoms with E-state index in [4.69, 9.17) is 4.43 Å². The van der Waals surface area contributed by atoms with Crippen molar-refractivity contribution >= 4 is 14.1 Å². The zero-order valence-corrected chi connectivity index (χ0v) is 16.5. The average Bonchev–Trinajstić information content (AvgIpc) is 2.43. The first kappa shape index (κ1) is 19.9. The number of rotatable bonds is 5. The van der Waals surface area contributed by atoms with E-state index in [1.807, 2.05) is 0 Å². The van der Waals surface area contributed by atoms with Crippen molar-refractivity contribution in [2.75, 3.05) is 6.61 Å². The fourth-order valence-corrected chi connectivity index (χ4v) is 4.10. The van der Waals surface area contributed by atoms with Crippen molar-refractivity contribution in [1.29, 1.82) is 0 Å². The van der Waals surface area contributed by atoms with E-state index < -0.39 is 8.32 Å². The zero-order valence-electron chi connectivity index (χ0n) is 15.5. The molecule has 2 unspecified atom stereocenters. The Kier molecular flexibility index (Phi) is 9.58. The molecule has 1 aliphatic rings. The lowest BCUT2D eigenvalue weighted by molar-refractivity contribution is -0.123. The molecule has 0 radical (unpaired) electrons. The highest BCUT2D eigenvalue weighted by Crippen LogP contribution is 2.24. The second-order valence-corrected chi connectivity index (χ2v) is 12.8. The molecule has 0 aromatic rings. The van der Waals surface area contributed by atoms with Crippen LogP contribution in [0.1, 0.15) is 77.6 Å². The van der Waals surface area contributed by atoms with Crippen molar-refractivity contribution in [3.63, 3.8) is 0 Å². The summed E-state index contributed by atoms with van der Waals surface area (Å²) in [5, 5.41) is 0. The molecule has 0 aliphatic heterocycles. The molecule has 0 spiro atoms. The molecular weight excluding hydrogens is 288 g/mol. The molecule has 0 amide bonds. The van der Waals surface area contributed by atoms with Gasteiger partial charge in [-0.05, 0) is 44.8 Å². The van der Waals surface area contributed by atoms with Gasteiger partial charge in [-0.3, -0.25) is 4.79 Å². The van der Waals surface area contributed by atoms with Gasteiger partial charge in [0.05, 0.1) is 0 Å². The third-order valence-electron chi connectivity index (χ3n) is 4.67. The highest BCUT2D eigenvalue weighted by molar-refractivity contribution is 6.69. The molecule has 0 bridgehead atoms. The van der Waals surface area contributed by atoms with Crippen molar-refractivity contribution in [3.05, 3.63) is 0 Å². The van der Waals surface area contributed by atoms with Crippen LogP contribution < -0.4 is 0 Å². The topological polar surface area (TPSA) is 26.3 Å². The molecule has 1 fully saturated rings. The van der Waals surface area contributed by atoms with Gasteiger partial charge in [0.1, 0.15) is 5.78 Å². The van der Waals surface area contributed by atoms with Crippen LogP contribution in [0, 0.1) is 11.8 Å². The van der Waals surface area contributed by atoms with Crippen molar-refractivity contribution in [3.8, 4) is 0 Å². The Bertz CT molecular complexity index is 309. The molecule has 1 rings (SSSR count). The molecule has 22 heavy (non-hydrogen) atoms. The van der Waals surface area contributed by atoms with Crippen LogP contribution in [-0.2, 0) is 9.22 Å². The Morgan fingerprint density at radius 2 is 1.55 bits per heavy atom. The molecule has 1 saturated carbocycles. The van der Waals surface area contributed by atoms with Gasteiger partial charge in [-0.1, -0.05) is 51.9 Å². The van der Waals surface area contributed by atoms with E-state index in [0.29, 0.717) is 17.6 Å². The number of carbonyl (C=O) groups excluding carboxylic acids is 1. The monoisotopic (exact) mass is 326 g/mol. The van der Waals surface area contributed by atoms with Gasteiger partial charge in [0, 0.05) is 18.9 Å². The maximum absolute atomic E-state index is 12.5. The van der Waals surface area contributed by atoms with Crippen molar-refractivity contribution in [1.82, 2.24) is 0 Å². The summed E-state index contributed by atoms with van der Waals surface area (Å²) in [5.41, 5.74) is 0. The largest absolute Gasteiger partial charge is 0.417 e. The molecule has 3 heteroatoms. The molecule has 0 aromatic carbocycles. The van der Waals surface area contributed by atoms with Gasteiger partial charge < -0.3 is 4.43 Å². The standard InChI is InChI=1S/C19H38O2Si/c1-17(16-21-22(2,3)4)15-18-13-11-9-7-5-6-8-10-12-14-19(18)20/h17-18H,5-16H2,1-4H3. The Balaban J connectivity index is 2.44. The van der Waals surface area contributed by atoms with E-state index in [2.05, 4.69) is 26.6 Å². The van der Waals surface area contributed by atoms with Crippen LogP contribution in [0.15, 0.2) is 0 Å². The minimum atomic E-state index is -1.43. The van der Waals surface area contributed by atoms with Crippen LogP contribution in [0.3, 0.4) is 0 Å². The second-order valence-electron chi connectivity index (χ2n) is 8.29. The minimum absolute atomic E-state index is 0.291. The fraction of sp³-hybridized carbons (Fsp3) is 0.947. The normalized spacial score (nSPS) is 24.4. The fourth-order valence-electron chi connectivity index (χ4n) is 3.31. The van der Waals surface area contributed by atoms with Crippen LogP contribution in [-0.4, -0.2) is 20.7 Å². The first-order valence-corrected chi connectivity index (χ1v) is 13.0. The Labute approximate surface area is 139 Å². The van der Waals surface area contributed by atoms with E-state index in [1.165, 1.54) is 44.9 Å². The maximum atomic E-state index is 12.5. The Morgan fingerprint density at radius 3 is 2.14 bits per heavy atom. The Morgan fingerprint density at radius 1 is 1.00 bits per heavy atom. The van der Waals surface area contributed by atoms with Gasteiger partial charge in [-0.25, -0.2) is 0 Å². The number of carbonyl (C=O) groups is 1. The SMILES string of the molecule is CC(CO[Si](C)(C)C)CC1CCCCCCCCCCC1=O. The smallest absolute Gasteiger partial charge is 0.183 e. The van der Waals surface area contributed by atoms with Crippen LogP contribution in [0.2, 0.25) is 19.6 Å². The van der Waals surface area contributed by atoms with Crippen molar-refractivity contribution < 1.29 is 9.22 Å². The lowest BCUT2D eigenvalue weighted by atomic mass is 9.85. The van der Waals surface area contributed by atoms with Crippen LogP contribution in [0.25, 0.3) is 0 Å². The summed E-state index contributed by atoms with van der Waals surface area (Å²) in [6, 6.07) is 0. The summed E-state index contributed by atoms with van der Waals surface area (Å²) in [5.74, 6) is 1.33. The highest BCUT2D eigenvalue weighted by Gasteiger charge is 2.22. The van der Waals surface area contributed by atoms with Crippen LogP contribution in [0.5, 0.6) is 0 Å². The summed E-state index contributed by atoms with van der Waals surface area (Å²) in [6.45, 7) is 9.80. The van der Waals surface area contributed by atoms with Crippen molar-refractivity contribution in [2.24, 2.45) is 11.8 Å². The summed E-state index contributed by atoms with van der Waals surface area (Å²) in [4.78, 5) is 12.5. The van der Waals surface area contributed by atoms with Crippen LogP contribution >= 0.6 is 0 Å². The zero-order chi connectivity index (χ0) is 16.4. The van der Waals surface area contributed by atoms with Gasteiger partial charge in [0.2, 0.25) is 0 Å². The van der Waals surface area contributed by atoms with E-state index >= 15 is 0 Å². The third-order valence-corrected chi connectivity index (χ3v) is 5.70. The first-order chi connectivity index (χ1) is 10.4. The maximum Gasteiger partial charge on any atom is 0.183 e. The summed E-state index contributed by atoms with van der Waals surface area (Å²) < 4.78 is 6.03. The number of hydrogen-bond donors (Lipinski definition) is 0. The third kappa shape index (κ3) is 9.78. The molecule has 0 saturated heterocycles. The van der Waals surface area contributed by atoms with E-state index in [0.717, 1.165) is 32.3 Å². The van der Waals surface area contributed by atoms with Crippen molar-refractivity contribution in [2.45, 2.75) is 97.2 Å². The minimum Gasteiger partial charge on any atom is -0.417 e. The van der Waals surface area contributed by atoms with E-state index in [9.17, 15) is 4.79 Å². The predicted octanol–water partition coefficient (Wildman–Crippen LogP) is 5.96. The summed E-state index contributed by atoms with van der Waals surface area (Å²) >= 11 is 0. The molecular formula is C19H38O2Si. The highest BCUT2D eigenvalue weighted by atomic mass is 28.4. The molecule has 2 nitrogen and oxygen atoms in total. The molecule has 130 valence electrons.